The van der Waals surface area contributed by atoms with Crippen LogP contribution in [0, 0.1) is 0 Å². The van der Waals surface area contributed by atoms with Gasteiger partial charge in [0.05, 0.1) is 5.54 Å². The van der Waals surface area contributed by atoms with Crippen molar-refractivity contribution in [3.05, 3.63) is 65.7 Å². The molecule has 0 radical (unpaired) electrons. The summed E-state index contributed by atoms with van der Waals surface area (Å²) in [5.74, 6) is 0.348. The fourth-order valence-electron chi connectivity index (χ4n) is 3.37. The van der Waals surface area contributed by atoms with Gasteiger partial charge in [0.1, 0.15) is 5.75 Å². The standard InChI is InChI=1S/C21H24N2O3.ClH/c22-15-21(12-4-5-13-21)23-19(24)14-26-18-10-8-17(9-11-18)20(25)16-6-2-1-3-7-16;/h1-3,6-11H,4-5,12-15,22H2,(H,23,24);1H. The van der Waals surface area contributed by atoms with Gasteiger partial charge in [-0.2, -0.15) is 0 Å². The summed E-state index contributed by atoms with van der Waals surface area (Å²) in [7, 11) is 0. The van der Waals surface area contributed by atoms with E-state index in [1.807, 2.05) is 18.2 Å². The molecule has 0 aliphatic heterocycles. The van der Waals surface area contributed by atoms with Crippen LogP contribution in [0.5, 0.6) is 5.75 Å². The number of nitrogens with two attached hydrogens (primary N) is 1. The van der Waals surface area contributed by atoms with E-state index >= 15 is 0 Å². The molecule has 3 N–H and O–H groups in total. The predicted octanol–water partition coefficient (Wildman–Crippen LogP) is 3.11. The van der Waals surface area contributed by atoms with Crippen LogP contribution in [-0.2, 0) is 4.79 Å². The molecule has 0 atom stereocenters. The number of carbonyl (C=O) groups is 2. The number of benzene rings is 2. The molecule has 1 aliphatic carbocycles. The Bertz CT molecular complexity index is 757. The van der Waals surface area contributed by atoms with Crippen molar-refractivity contribution in [2.45, 2.75) is 31.2 Å². The average Bonchev–Trinajstić information content (AvgIpc) is 3.16. The van der Waals surface area contributed by atoms with Crippen molar-refractivity contribution < 1.29 is 14.3 Å². The molecule has 144 valence electrons. The smallest absolute Gasteiger partial charge is 0.258 e. The van der Waals surface area contributed by atoms with Gasteiger partial charge in [0.25, 0.3) is 5.91 Å². The molecule has 27 heavy (non-hydrogen) atoms. The Balaban J connectivity index is 0.00000261. The van der Waals surface area contributed by atoms with Gasteiger partial charge in [-0.15, -0.1) is 12.4 Å². The van der Waals surface area contributed by atoms with Gasteiger partial charge in [-0.1, -0.05) is 43.2 Å². The van der Waals surface area contributed by atoms with E-state index in [4.69, 9.17) is 10.5 Å². The zero-order valence-electron chi connectivity index (χ0n) is 15.1. The van der Waals surface area contributed by atoms with Gasteiger partial charge in [-0.25, -0.2) is 0 Å². The normalized spacial score (nSPS) is 14.9. The zero-order chi connectivity index (χ0) is 18.4. The van der Waals surface area contributed by atoms with Crippen LogP contribution in [0.15, 0.2) is 54.6 Å². The van der Waals surface area contributed by atoms with Gasteiger partial charge in [0, 0.05) is 17.7 Å². The maximum absolute atomic E-state index is 12.4. The van der Waals surface area contributed by atoms with Gasteiger partial charge < -0.3 is 15.8 Å². The Labute approximate surface area is 165 Å². The highest BCUT2D eigenvalue weighted by molar-refractivity contribution is 6.08. The van der Waals surface area contributed by atoms with Crippen LogP contribution in [0.3, 0.4) is 0 Å². The lowest BCUT2D eigenvalue weighted by Crippen LogP contribution is -2.52. The number of halogens is 1. The Morgan fingerprint density at radius 2 is 1.56 bits per heavy atom. The minimum atomic E-state index is -0.271. The molecule has 2 aromatic rings. The lowest BCUT2D eigenvalue weighted by Gasteiger charge is -2.28. The molecule has 1 fully saturated rings. The summed E-state index contributed by atoms with van der Waals surface area (Å²) >= 11 is 0. The summed E-state index contributed by atoms with van der Waals surface area (Å²) in [4.78, 5) is 24.5. The fourth-order valence-corrected chi connectivity index (χ4v) is 3.37. The van der Waals surface area contributed by atoms with E-state index in [1.165, 1.54) is 0 Å². The van der Waals surface area contributed by atoms with Gasteiger partial charge in [-0.05, 0) is 37.1 Å². The number of hydrogen-bond acceptors (Lipinski definition) is 4. The number of rotatable bonds is 7. The van der Waals surface area contributed by atoms with E-state index in [9.17, 15) is 9.59 Å². The SMILES string of the molecule is Cl.NCC1(NC(=O)COc2ccc(C(=O)c3ccccc3)cc2)CCCC1. The summed E-state index contributed by atoms with van der Waals surface area (Å²) in [5.41, 5.74) is 6.79. The van der Waals surface area contributed by atoms with Gasteiger partial charge in [0.15, 0.2) is 12.4 Å². The quantitative estimate of drug-likeness (QED) is 0.714. The van der Waals surface area contributed by atoms with Crippen molar-refractivity contribution in [2.24, 2.45) is 5.73 Å². The molecular weight excluding hydrogens is 364 g/mol. The molecule has 0 aromatic heterocycles. The van der Waals surface area contributed by atoms with Crippen LogP contribution in [0.4, 0.5) is 0 Å². The number of ether oxygens (including phenoxy) is 1. The second kappa shape index (κ2) is 9.53. The van der Waals surface area contributed by atoms with E-state index < -0.39 is 0 Å². The van der Waals surface area contributed by atoms with E-state index in [0.29, 0.717) is 23.4 Å². The molecule has 1 saturated carbocycles. The van der Waals surface area contributed by atoms with Crippen LogP contribution in [-0.4, -0.2) is 30.4 Å². The van der Waals surface area contributed by atoms with Gasteiger partial charge in [-0.3, -0.25) is 9.59 Å². The minimum absolute atomic E-state index is 0. The van der Waals surface area contributed by atoms with Crippen LogP contribution < -0.4 is 15.8 Å². The number of hydrogen-bond donors (Lipinski definition) is 2. The molecule has 1 aliphatic rings. The fraction of sp³-hybridized carbons (Fsp3) is 0.333. The topological polar surface area (TPSA) is 81.4 Å². The number of carbonyl (C=O) groups excluding carboxylic acids is 2. The molecule has 5 nitrogen and oxygen atoms in total. The molecule has 0 unspecified atom stereocenters. The molecule has 0 bridgehead atoms. The highest BCUT2D eigenvalue weighted by Gasteiger charge is 2.33. The summed E-state index contributed by atoms with van der Waals surface area (Å²) in [6, 6.07) is 15.9. The molecule has 6 heteroatoms. The molecule has 2 aromatic carbocycles. The summed E-state index contributed by atoms with van der Waals surface area (Å²) in [5, 5.41) is 3.02. The number of amides is 1. The van der Waals surface area contributed by atoms with E-state index in [0.717, 1.165) is 25.7 Å². The lowest BCUT2D eigenvalue weighted by molar-refractivity contribution is -0.124. The second-order valence-corrected chi connectivity index (χ2v) is 6.75. The third kappa shape index (κ3) is 5.31. The van der Waals surface area contributed by atoms with Crippen LogP contribution in [0.25, 0.3) is 0 Å². The first-order valence-corrected chi connectivity index (χ1v) is 8.96. The minimum Gasteiger partial charge on any atom is -0.484 e. The molecule has 1 amide bonds. The first-order chi connectivity index (χ1) is 12.6. The second-order valence-electron chi connectivity index (χ2n) is 6.75. The predicted molar refractivity (Wildman–Crippen MR) is 107 cm³/mol. The highest BCUT2D eigenvalue weighted by atomic mass is 35.5. The monoisotopic (exact) mass is 388 g/mol. The molecule has 0 heterocycles. The van der Waals surface area contributed by atoms with Crippen molar-refractivity contribution in [3.8, 4) is 5.75 Å². The van der Waals surface area contributed by atoms with E-state index in [1.54, 1.807) is 36.4 Å². The first-order valence-electron chi connectivity index (χ1n) is 8.96. The number of ketones is 1. The van der Waals surface area contributed by atoms with Gasteiger partial charge in [0.2, 0.25) is 0 Å². The Kier molecular flexibility index (Phi) is 7.39. The molecule has 0 spiro atoms. The third-order valence-electron chi connectivity index (χ3n) is 4.88. The largest absolute Gasteiger partial charge is 0.484 e. The van der Waals surface area contributed by atoms with Crippen molar-refractivity contribution in [2.75, 3.05) is 13.2 Å². The summed E-state index contributed by atoms with van der Waals surface area (Å²) in [6.07, 6.45) is 4.03. The van der Waals surface area contributed by atoms with E-state index in [-0.39, 0.29) is 36.2 Å². The lowest BCUT2D eigenvalue weighted by atomic mass is 9.98. The first kappa shape index (κ1) is 20.9. The summed E-state index contributed by atoms with van der Waals surface area (Å²) in [6.45, 7) is 0.392. The Hall–Kier alpha value is -2.37. The molecule has 3 rings (SSSR count). The van der Waals surface area contributed by atoms with Crippen LogP contribution >= 0.6 is 12.4 Å². The Morgan fingerprint density at radius 1 is 0.963 bits per heavy atom. The van der Waals surface area contributed by atoms with Crippen molar-refractivity contribution in [1.82, 2.24) is 5.32 Å². The maximum Gasteiger partial charge on any atom is 0.258 e. The van der Waals surface area contributed by atoms with Gasteiger partial charge >= 0.3 is 0 Å². The van der Waals surface area contributed by atoms with Crippen molar-refractivity contribution >= 4 is 24.1 Å². The summed E-state index contributed by atoms with van der Waals surface area (Å²) < 4.78 is 5.54. The Morgan fingerprint density at radius 3 is 2.15 bits per heavy atom. The van der Waals surface area contributed by atoms with Crippen LogP contribution in [0.1, 0.15) is 41.6 Å². The van der Waals surface area contributed by atoms with Crippen LogP contribution in [0.2, 0.25) is 0 Å². The highest BCUT2D eigenvalue weighted by Crippen LogP contribution is 2.28. The number of nitrogens with one attached hydrogen (secondary N) is 1. The van der Waals surface area contributed by atoms with Crippen molar-refractivity contribution in [3.63, 3.8) is 0 Å². The average molecular weight is 389 g/mol. The third-order valence-corrected chi connectivity index (χ3v) is 4.88. The molecular formula is C21H25ClN2O3. The maximum atomic E-state index is 12.4. The van der Waals surface area contributed by atoms with E-state index in [2.05, 4.69) is 5.32 Å². The zero-order valence-corrected chi connectivity index (χ0v) is 16.0. The van der Waals surface area contributed by atoms with Crippen molar-refractivity contribution in [1.29, 1.82) is 0 Å². The molecule has 0 saturated heterocycles.